The smallest absolute Gasteiger partial charge is 0.487 e. The number of nitrogens with zero attached hydrogens (tertiary/aromatic N) is 4. The number of alkyl halides is 3. The van der Waals surface area contributed by atoms with Gasteiger partial charge in [-0.1, -0.05) is 0 Å². The van der Waals surface area contributed by atoms with Gasteiger partial charge >= 0.3 is 12.1 Å². The quantitative estimate of drug-likeness (QED) is 0.466. The van der Waals surface area contributed by atoms with Crippen molar-refractivity contribution in [2.75, 3.05) is 43.6 Å². The van der Waals surface area contributed by atoms with E-state index in [0.29, 0.717) is 51.3 Å². The first-order chi connectivity index (χ1) is 19.3. The van der Waals surface area contributed by atoms with Gasteiger partial charge in [-0.15, -0.1) is 0 Å². The molecule has 2 aliphatic heterocycles. The van der Waals surface area contributed by atoms with E-state index in [0.717, 1.165) is 23.3 Å². The summed E-state index contributed by atoms with van der Waals surface area (Å²) in [5.41, 5.74) is 1.70. The second-order valence-electron chi connectivity index (χ2n) is 9.77. The first-order valence-electron chi connectivity index (χ1n) is 12.9. The molecular formula is C26H32F5N5O5. The highest BCUT2D eigenvalue weighted by atomic mass is 19.4. The van der Waals surface area contributed by atoms with Crippen LogP contribution in [0.15, 0.2) is 18.2 Å². The van der Waals surface area contributed by atoms with Crippen LogP contribution in [0.3, 0.4) is 0 Å². The Hall–Kier alpha value is -3.75. The van der Waals surface area contributed by atoms with Crippen molar-refractivity contribution < 1.29 is 46.1 Å². The molecule has 0 unspecified atom stereocenters. The number of hydrogen-bond acceptors (Lipinski definition) is 8. The lowest BCUT2D eigenvalue weighted by Gasteiger charge is -2.35. The average molecular weight is 590 g/mol. The zero-order valence-electron chi connectivity index (χ0n) is 22.8. The van der Waals surface area contributed by atoms with Crippen LogP contribution < -0.4 is 15.0 Å². The molecule has 2 aromatic rings. The number of carbonyl (C=O) groups excluding carboxylic acids is 1. The van der Waals surface area contributed by atoms with E-state index in [9.17, 15) is 26.7 Å². The number of carboxylic acid groups (broad SMARTS) is 1. The number of carboxylic acids is 1. The highest BCUT2D eigenvalue weighted by Crippen LogP contribution is 2.30. The van der Waals surface area contributed by atoms with Crippen LogP contribution in [0.25, 0.3) is 0 Å². The summed E-state index contributed by atoms with van der Waals surface area (Å²) >= 11 is 0. The molecular weight excluding hydrogens is 557 g/mol. The van der Waals surface area contributed by atoms with E-state index in [4.69, 9.17) is 29.3 Å². The summed E-state index contributed by atoms with van der Waals surface area (Å²) in [5, 5.41) is 10.5. The highest BCUT2D eigenvalue weighted by Gasteiger charge is 2.38. The molecule has 0 saturated carbocycles. The van der Waals surface area contributed by atoms with Crippen LogP contribution in [0.5, 0.6) is 5.75 Å². The number of aliphatic carboxylic acids is 1. The summed E-state index contributed by atoms with van der Waals surface area (Å²) in [4.78, 5) is 34.9. The molecule has 1 amide bonds. The highest BCUT2D eigenvalue weighted by molar-refractivity contribution is 5.77. The van der Waals surface area contributed by atoms with Gasteiger partial charge in [0, 0.05) is 58.1 Å². The van der Waals surface area contributed by atoms with Gasteiger partial charge in [-0.25, -0.2) is 23.5 Å². The molecule has 1 aromatic carbocycles. The molecule has 0 bridgehead atoms. The standard InChI is InChI=1S/C24H31F2N5O3.C2HF3O2/c1-15(2)27-23-24(29-19-8-11-31(13-20(19)28-23)22(32)14-33-3)30-9-6-17(7-10-30)34-21-5-4-16(25)12-18(21)26;3-2(4,5)1(6)7/h4-5,12,15,17H,6-11,13-14H2,1-3H3,(H,27,28);(H,6,7). The fourth-order valence-corrected chi connectivity index (χ4v) is 4.28. The summed E-state index contributed by atoms with van der Waals surface area (Å²) in [6.07, 6.45) is -3.26. The Balaban J connectivity index is 0.000000587. The number of fused-ring (bicyclic) bond motifs is 1. The molecule has 0 aliphatic carbocycles. The normalized spacial score (nSPS) is 15.6. The molecule has 41 heavy (non-hydrogen) atoms. The molecule has 0 spiro atoms. The molecule has 1 saturated heterocycles. The molecule has 10 nitrogen and oxygen atoms in total. The van der Waals surface area contributed by atoms with Gasteiger partial charge in [0.05, 0.1) is 17.9 Å². The van der Waals surface area contributed by atoms with Gasteiger partial charge in [0.2, 0.25) is 5.91 Å². The second-order valence-corrected chi connectivity index (χ2v) is 9.77. The summed E-state index contributed by atoms with van der Waals surface area (Å²) in [6, 6.07) is 3.52. The number of piperidine rings is 1. The second kappa shape index (κ2) is 13.7. The van der Waals surface area contributed by atoms with Crippen LogP contribution in [-0.2, 0) is 27.3 Å². The van der Waals surface area contributed by atoms with E-state index >= 15 is 0 Å². The molecule has 2 N–H and O–H groups in total. The van der Waals surface area contributed by atoms with Crippen molar-refractivity contribution >= 4 is 23.5 Å². The zero-order chi connectivity index (χ0) is 30.3. The summed E-state index contributed by atoms with van der Waals surface area (Å²) < 4.78 is 69.6. The zero-order valence-corrected chi connectivity index (χ0v) is 22.8. The Labute approximate surface area is 233 Å². The molecule has 3 heterocycles. The molecule has 1 aromatic heterocycles. The summed E-state index contributed by atoms with van der Waals surface area (Å²) in [6.45, 7) is 6.47. The maximum Gasteiger partial charge on any atom is 0.490 e. The van der Waals surface area contributed by atoms with Gasteiger partial charge < -0.3 is 29.7 Å². The molecule has 15 heteroatoms. The van der Waals surface area contributed by atoms with Gasteiger partial charge in [0.25, 0.3) is 0 Å². The number of hydrogen-bond donors (Lipinski definition) is 2. The average Bonchev–Trinajstić information content (AvgIpc) is 2.89. The lowest BCUT2D eigenvalue weighted by molar-refractivity contribution is -0.192. The van der Waals surface area contributed by atoms with E-state index < -0.39 is 23.8 Å². The molecule has 226 valence electrons. The number of methoxy groups -OCH3 is 1. The number of aromatic nitrogens is 2. The summed E-state index contributed by atoms with van der Waals surface area (Å²) in [5.74, 6) is -2.58. The van der Waals surface area contributed by atoms with Crippen molar-refractivity contribution in [3.63, 3.8) is 0 Å². The van der Waals surface area contributed by atoms with Gasteiger partial charge in [0.15, 0.2) is 23.2 Å². The van der Waals surface area contributed by atoms with Gasteiger partial charge in [-0.05, 0) is 26.0 Å². The fourth-order valence-electron chi connectivity index (χ4n) is 4.28. The van der Waals surface area contributed by atoms with Crippen LogP contribution in [0.4, 0.5) is 33.6 Å². The topological polar surface area (TPSA) is 117 Å². The van der Waals surface area contributed by atoms with Gasteiger partial charge in [0.1, 0.15) is 18.5 Å². The lowest BCUT2D eigenvalue weighted by atomic mass is 10.1. The lowest BCUT2D eigenvalue weighted by Crippen LogP contribution is -2.41. The van der Waals surface area contributed by atoms with Crippen LogP contribution in [-0.4, -0.2) is 83.5 Å². The first-order valence-corrected chi connectivity index (χ1v) is 12.9. The van der Waals surface area contributed by atoms with E-state index in [1.165, 1.54) is 19.2 Å². The van der Waals surface area contributed by atoms with Crippen LogP contribution in [0, 0.1) is 11.6 Å². The number of benzene rings is 1. The van der Waals surface area contributed by atoms with Crippen molar-refractivity contribution in [1.82, 2.24) is 14.9 Å². The van der Waals surface area contributed by atoms with Gasteiger partial charge in [-0.3, -0.25) is 4.79 Å². The SMILES string of the molecule is COCC(=O)N1CCc2nc(N3CCC(Oc4ccc(F)cc4F)CC3)c(NC(C)C)nc2C1.O=C(O)C(F)(F)F. The third-order valence-corrected chi connectivity index (χ3v) is 6.21. The van der Waals surface area contributed by atoms with Crippen molar-refractivity contribution in [3.8, 4) is 5.75 Å². The van der Waals surface area contributed by atoms with Crippen LogP contribution in [0.2, 0.25) is 0 Å². The molecule has 1 fully saturated rings. The predicted octanol–water partition coefficient (Wildman–Crippen LogP) is 3.79. The Morgan fingerprint density at radius 1 is 1.12 bits per heavy atom. The van der Waals surface area contributed by atoms with E-state index in [2.05, 4.69) is 10.2 Å². The maximum absolute atomic E-state index is 14.0. The number of rotatable bonds is 7. The number of carbonyl (C=O) groups is 2. The number of anilines is 2. The first kappa shape index (κ1) is 31.8. The van der Waals surface area contributed by atoms with Crippen LogP contribution in [0.1, 0.15) is 38.1 Å². The Bertz CT molecular complexity index is 1220. The third kappa shape index (κ3) is 8.87. The minimum atomic E-state index is -5.08. The third-order valence-electron chi connectivity index (χ3n) is 6.21. The molecule has 0 atom stereocenters. The van der Waals surface area contributed by atoms with Crippen molar-refractivity contribution in [3.05, 3.63) is 41.2 Å². The van der Waals surface area contributed by atoms with Crippen LogP contribution >= 0.6 is 0 Å². The van der Waals surface area contributed by atoms with Crippen molar-refractivity contribution in [1.29, 1.82) is 0 Å². The van der Waals surface area contributed by atoms with E-state index in [1.54, 1.807) is 4.90 Å². The molecule has 0 radical (unpaired) electrons. The van der Waals surface area contributed by atoms with Crippen molar-refractivity contribution in [2.45, 2.75) is 58.0 Å². The number of ether oxygens (including phenoxy) is 2. The number of amides is 1. The minimum Gasteiger partial charge on any atom is -0.487 e. The van der Waals surface area contributed by atoms with E-state index in [1.807, 2.05) is 13.8 Å². The number of nitrogens with one attached hydrogen (secondary N) is 1. The Morgan fingerprint density at radius 3 is 2.34 bits per heavy atom. The van der Waals surface area contributed by atoms with Gasteiger partial charge in [-0.2, -0.15) is 13.2 Å². The Kier molecular flexibility index (Phi) is 10.7. The predicted molar refractivity (Wildman–Crippen MR) is 138 cm³/mol. The van der Waals surface area contributed by atoms with Crippen molar-refractivity contribution in [2.24, 2.45) is 0 Å². The Morgan fingerprint density at radius 2 is 1.78 bits per heavy atom. The summed E-state index contributed by atoms with van der Waals surface area (Å²) in [7, 11) is 1.51. The maximum atomic E-state index is 14.0. The number of halogens is 5. The fraction of sp³-hybridized carbons (Fsp3) is 0.538. The largest absolute Gasteiger partial charge is 0.490 e. The molecule has 2 aliphatic rings. The van der Waals surface area contributed by atoms with E-state index in [-0.39, 0.29) is 30.4 Å². The minimum absolute atomic E-state index is 0.0524. The molecule has 4 rings (SSSR count). The monoisotopic (exact) mass is 589 g/mol.